The summed E-state index contributed by atoms with van der Waals surface area (Å²) in [4.78, 5) is 25.3. The maximum atomic E-state index is 13.8. The highest BCUT2D eigenvalue weighted by atomic mass is 19.1. The molecule has 1 amide bonds. The van der Waals surface area contributed by atoms with Crippen LogP contribution in [-0.4, -0.2) is 54.1 Å². The first-order valence-electron chi connectivity index (χ1n) is 8.63. The molecule has 1 aliphatic heterocycles. The Hall–Kier alpha value is -2.70. The molecule has 138 valence electrons. The van der Waals surface area contributed by atoms with E-state index in [1.54, 1.807) is 12.1 Å². The molecule has 2 heterocycles. The van der Waals surface area contributed by atoms with Crippen molar-refractivity contribution in [3.05, 3.63) is 47.2 Å². The third-order valence-corrected chi connectivity index (χ3v) is 4.48. The predicted octanol–water partition coefficient (Wildman–Crippen LogP) is 2.13. The van der Waals surface area contributed by atoms with Gasteiger partial charge in [0, 0.05) is 37.9 Å². The molecule has 0 N–H and O–H groups in total. The van der Waals surface area contributed by atoms with Crippen LogP contribution in [0.25, 0.3) is 0 Å². The molecule has 0 unspecified atom stereocenters. The summed E-state index contributed by atoms with van der Waals surface area (Å²) < 4.78 is 18.7. The Labute approximate surface area is 152 Å². The normalized spacial score (nSPS) is 14.5. The van der Waals surface area contributed by atoms with Crippen molar-refractivity contribution in [2.45, 2.75) is 20.3 Å². The van der Waals surface area contributed by atoms with E-state index in [0.29, 0.717) is 18.7 Å². The zero-order chi connectivity index (χ0) is 18.7. The summed E-state index contributed by atoms with van der Waals surface area (Å²) in [7, 11) is 1.42. The van der Waals surface area contributed by atoms with Gasteiger partial charge >= 0.3 is 0 Å². The van der Waals surface area contributed by atoms with E-state index in [4.69, 9.17) is 4.74 Å². The van der Waals surface area contributed by atoms with Gasteiger partial charge in [-0.15, -0.1) is 0 Å². The van der Waals surface area contributed by atoms with Gasteiger partial charge in [-0.25, -0.2) is 14.4 Å². The van der Waals surface area contributed by atoms with Crippen LogP contribution >= 0.6 is 0 Å². The van der Waals surface area contributed by atoms with E-state index in [1.807, 2.05) is 24.8 Å². The van der Waals surface area contributed by atoms with Crippen LogP contribution in [0.5, 0.6) is 5.75 Å². The molecule has 7 heteroatoms. The van der Waals surface area contributed by atoms with E-state index < -0.39 is 5.82 Å². The van der Waals surface area contributed by atoms with Crippen LogP contribution in [-0.2, 0) is 11.2 Å². The van der Waals surface area contributed by atoms with Crippen molar-refractivity contribution in [2.75, 3.05) is 38.2 Å². The number of ether oxygens (including phenoxy) is 1. The summed E-state index contributed by atoms with van der Waals surface area (Å²) >= 11 is 0. The van der Waals surface area contributed by atoms with Crippen LogP contribution in [0.4, 0.5) is 10.2 Å². The molecule has 1 fully saturated rings. The van der Waals surface area contributed by atoms with E-state index in [0.717, 1.165) is 30.4 Å². The van der Waals surface area contributed by atoms with Gasteiger partial charge in [-0.1, -0.05) is 6.07 Å². The lowest BCUT2D eigenvalue weighted by atomic mass is 10.1. The van der Waals surface area contributed by atoms with Crippen LogP contribution in [0.1, 0.15) is 17.1 Å². The number of hydrogen-bond acceptors (Lipinski definition) is 5. The number of aryl methyl sites for hydroxylation is 2. The summed E-state index contributed by atoms with van der Waals surface area (Å²) in [6.45, 7) is 6.52. The number of carbonyl (C=O) groups is 1. The highest BCUT2D eigenvalue weighted by Gasteiger charge is 2.22. The van der Waals surface area contributed by atoms with E-state index in [9.17, 15) is 9.18 Å². The van der Waals surface area contributed by atoms with Crippen molar-refractivity contribution in [3.63, 3.8) is 0 Å². The smallest absolute Gasteiger partial charge is 0.227 e. The van der Waals surface area contributed by atoms with E-state index in [2.05, 4.69) is 14.9 Å². The highest BCUT2D eigenvalue weighted by molar-refractivity contribution is 5.79. The average molecular weight is 358 g/mol. The predicted molar refractivity (Wildman–Crippen MR) is 97.0 cm³/mol. The minimum absolute atomic E-state index is 0.00395. The maximum absolute atomic E-state index is 13.8. The van der Waals surface area contributed by atoms with Gasteiger partial charge in [0.05, 0.1) is 13.5 Å². The standard InChI is InChI=1S/C19H23FN4O2/c1-13-10-18(22-14(2)21-13)23-6-8-24(9-7-23)19(25)12-15-4-5-17(26-3)16(20)11-15/h4-5,10-11H,6-9,12H2,1-3H3. The molecule has 26 heavy (non-hydrogen) atoms. The van der Waals surface area contributed by atoms with Gasteiger partial charge in [0.2, 0.25) is 5.91 Å². The van der Waals surface area contributed by atoms with Gasteiger partial charge in [-0.05, 0) is 31.5 Å². The number of carbonyl (C=O) groups excluding carboxylic acids is 1. The summed E-state index contributed by atoms with van der Waals surface area (Å²) in [6, 6.07) is 6.60. The minimum Gasteiger partial charge on any atom is -0.494 e. The van der Waals surface area contributed by atoms with Crippen LogP contribution in [0.15, 0.2) is 24.3 Å². The molecule has 3 rings (SSSR count). The third-order valence-electron chi connectivity index (χ3n) is 4.48. The molecule has 0 atom stereocenters. The van der Waals surface area contributed by atoms with Crippen LogP contribution in [0.2, 0.25) is 0 Å². The number of nitrogens with zero attached hydrogens (tertiary/aromatic N) is 4. The summed E-state index contributed by atoms with van der Waals surface area (Å²) in [5, 5.41) is 0. The molecular weight excluding hydrogens is 335 g/mol. The summed E-state index contributed by atoms with van der Waals surface area (Å²) in [5.41, 5.74) is 1.59. The SMILES string of the molecule is COc1ccc(CC(=O)N2CCN(c3cc(C)nc(C)n3)CC2)cc1F. The monoisotopic (exact) mass is 358 g/mol. The molecular formula is C19H23FN4O2. The van der Waals surface area contributed by atoms with Crippen molar-refractivity contribution >= 4 is 11.7 Å². The Morgan fingerprint density at radius 3 is 2.50 bits per heavy atom. The van der Waals surface area contributed by atoms with Crippen molar-refractivity contribution in [1.29, 1.82) is 0 Å². The molecule has 6 nitrogen and oxygen atoms in total. The molecule has 2 aromatic rings. The number of methoxy groups -OCH3 is 1. The van der Waals surface area contributed by atoms with E-state index >= 15 is 0 Å². The van der Waals surface area contributed by atoms with E-state index in [-0.39, 0.29) is 18.1 Å². The Morgan fingerprint density at radius 2 is 1.88 bits per heavy atom. The third kappa shape index (κ3) is 4.09. The fraction of sp³-hybridized carbons (Fsp3) is 0.421. The molecule has 0 bridgehead atoms. The zero-order valence-corrected chi connectivity index (χ0v) is 15.3. The molecule has 0 aliphatic carbocycles. The molecule has 0 spiro atoms. The number of benzene rings is 1. The van der Waals surface area contributed by atoms with Gasteiger partial charge in [0.1, 0.15) is 11.6 Å². The van der Waals surface area contributed by atoms with Gasteiger partial charge < -0.3 is 14.5 Å². The summed E-state index contributed by atoms with van der Waals surface area (Å²) in [6.07, 6.45) is 0.187. The molecule has 1 aromatic heterocycles. The highest BCUT2D eigenvalue weighted by Crippen LogP contribution is 2.19. The van der Waals surface area contributed by atoms with Crippen molar-refractivity contribution < 1.29 is 13.9 Å². The van der Waals surface area contributed by atoms with E-state index in [1.165, 1.54) is 13.2 Å². The van der Waals surface area contributed by atoms with Crippen LogP contribution in [0, 0.1) is 19.7 Å². The number of anilines is 1. The number of hydrogen-bond donors (Lipinski definition) is 0. The minimum atomic E-state index is -0.447. The van der Waals surface area contributed by atoms with Gasteiger partial charge in [0.25, 0.3) is 0 Å². The van der Waals surface area contributed by atoms with Crippen molar-refractivity contribution in [2.24, 2.45) is 0 Å². The second-order valence-corrected chi connectivity index (χ2v) is 6.43. The Bertz CT molecular complexity index is 784. The fourth-order valence-electron chi connectivity index (χ4n) is 3.15. The first-order valence-corrected chi connectivity index (χ1v) is 8.63. The Kier molecular flexibility index (Phi) is 5.35. The number of amides is 1. The quantitative estimate of drug-likeness (QED) is 0.838. The van der Waals surface area contributed by atoms with Gasteiger partial charge in [0.15, 0.2) is 11.6 Å². The van der Waals surface area contributed by atoms with Crippen LogP contribution in [0.3, 0.4) is 0 Å². The number of piperazine rings is 1. The molecule has 0 radical (unpaired) electrons. The first-order chi connectivity index (χ1) is 12.5. The lowest BCUT2D eigenvalue weighted by Crippen LogP contribution is -2.49. The maximum Gasteiger partial charge on any atom is 0.227 e. The Morgan fingerprint density at radius 1 is 1.15 bits per heavy atom. The number of halogens is 1. The second kappa shape index (κ2) is 7.68. The van der Waals surface area contributed by atoms with Crippen molar-refractivity contribution in [1.82, 2.24) is 14.9 Å². The number of rotatable bonds is 4. The average Bonchev–Trinajstić information content (AvgIpc) is 2.61. The van der Waals surface area contributed by atoms with Gasteiger partial charge in [-0.3, -0.25) is 4.79 Å². The Balaban J connectivity index is 1.59. The molecule has 0 saturated carbocycles. The molecule has 1 saturated heterocycles. The number of aromatic nitrogens is 2. The largest absolute Gasteiger partial charge is 0.494 e. The zero-order valence-electron chi connectivity index (χ0n) is 15.3. The molecule has 1 aromatic carbocycles. The fourth-order valence-corrected chi connectivity index (χ4v) is 3.15. The van der Waals surface area contributed by atoms with Crippen LogP contribution < -0.4 is 9.64 Å². The second-order valence-electron chi connectivity index (χ2n) is 6.43. The lowest BCUT2D eigenvalue weighted by molar-refractivity contribution is -0.130. The summed E-state index contributed by atoms with van der Waals surface area (Å²) in [5.74, 6) is 1.39. The topological polar surface area (TPSA) is 58.6 Å². The first kappa shape index (κ1) is 18.1. The van der Waals surface area contributed by atoms with Gasteiger partial charge in [-0.2, -0.15) is 0 Å². The van der Waals surface area contributed by atoms with Crippen molar-refractivity contribution in [3.8, 4) is 5.75 Å². The molecule has 1 aliphatic rings. The lowest BCUT2D eigenvalue weighted by Gasteiger charge is -2.35.